The number of aliphatic carboxylic acids is 1. The molecule has 0 radical (unpaired) electrons. The Morgan fingerprint density at radius 3 is 2.26 bits per heavy atom. The van der Waals surface area contributed by atoms with Crippen LogP contribution in [-0.4, -0.2) is 36.3 Å². The van der Waals surface area contributed by atoms with Crippen LogP contribution in [0.4, 0.5) is 13.2 Å². The zero-order valence-electron chi connectivity index (χ0n) is 12.7. The van der Waals surface area contributed by atoms with Crippen LogP contribution in [0.15, 0.2) is 30.3 Å². The van der Waals surface area contributed by atoms with Gasteiger partial charge in [-0.2, -0.15) is 13.2 Å². The second kappa shape index (κ2) is 11.3. The molecule has 0 aliphatic carbocycles. The molecule has 0 unspecified atom stereocenters. The average Bonchev–Trinajstić information content (AvgIpc) is 2.50. The van der Waals surface area contributed by atoms with Gasteiger partial charge in [0.05, 0.1) is 6.54 Å². The lowest BCUT2D eigenvalue weighted by atomic mass is 10.2. The van der Waals surface area contributed by atoms with E-state index >= 15 is 0 Å². The van der Waals surface area contributed by atoms with Crippen LogP contribution in [0.5, 0.6) is 5.75 Å². The number of alkyl halides is 3. The van der Waals surface area contributed by atoms with E-state index in [9.17, 15) is 18.0 Å². The van der Waals surface area contributed by atoms with E-state index in [0.29, 0.717) is 19.6 Å². The van der Waals surface area contributed by atoms with Gasteiger partial charge in [0.15, 0.2) is 0 Å². The minimum Gasteiger partial charge on any atom is -0.492 e. The Labute approximate surface area is 132 Å². The van der Waals surface area contributed by atoms with Crippen LogP contribution in [0.2, 0.25) is 0 Å². The number of unbranched alkanes of at least 4 members (excludes halogenated alkanes) is 1. The van der Waals surface area contributed by atoms with E-state index < -0.39 is 12.1 Å². The van der Waals surface area contributed by atoms with Gasteiger partial charge < -0.3 is 15.2 Å². The summed E-state index contributed by atoms with van der Waals surface area (Å²) >= 11 is 0. The molecule has 2 N–H and O–H groups in total. The van der Waals surface area contributed by atoms with Gasteiger partial charge in [0.1, 0.15) is 12.4 Å². The van der Waals surface area contributed by atoms with Crippen molar-refractivity contribution in [1.29, 1.82) is 0 Å². The lowest BCUT2D eigenvalue weighted by Gasteiger charge is -2.07. The van der Waals surface area contributed by atoms with Crippen molar-refractivity contribution in [2.45, 2.75) is 32.4 Å². The summed E-state index contributed by atoms with van der Waals surface area (Å²) in [5.41, 5.74) is 0. The second-order valence-corrected chi connectivity index (χ2v) is 4.42. The second-order valence-electron chi connectivity index (χ2n) is 4.42. The fourth-order valence-corrected chi connectivity index (χ4v) is 1.30. The number of carbonyl (C=O) groups excluding carboxylic acids is 1. The van der Waals surface area contributed by atoms with Crippen LogP contribution in [0.3, 0.4) is 0 Å². The number of rotatable bonds is 7. The molecule has 5 nitrogen and oxygen atoms in total. The van der Waals surface area contributed by atoms with Crippen LogP contribution >= 0.6 is 0 Å². The van der Waals surface area contributed by atoms with Crippen LogP contribution in [0.25, 0.3) is 0 Å². The maximum Gasteiger partial charge on any atom is 0.490 e. The minimum absolute atomic E-state index is 0.110. The lowest BCUT2D eigenvalue weighted by Crippen LogP contribution is -2.27. The van der Waals surface area contributed by atoms with Gasteiger partial charge in [-0.3, -0.25) is 4.79 Å². The van der Waals surface area contributed by atoms with E-state index in [2.05, 4.69) is 12.2 Å². The summed E-state index contributed by atoms with van der Waals surface area (Å²) in [4.78, 5) is 20.1. The number of benzene rings is 1. The number of para-hydroxylation sites is 1. The van der Waals surface area contributed by atoms with Crippen molar-refractivity contribution in [2.75, 3.05) is 13.2 Å². The Morgan fingerprint density at radius 2 is 1.78 bits per heavy atom. The first kappa shape index (κ1) is 20.8. The predicted octanol–water partition coefficient (Wildman–Crippen LogP) is 3.01. The minimum atomic E-state index is -5.08. The highest BCUT2D eigenvalue weighted by Gasteiger charge is 2.38. The third-order valence-corrected chi connectivity index (χ3v) is 2.44. The molecule has 0 atom stereocenters. The number of carbonyl (C=O) groups is 2. The molecule has 130 valence electrons. The van der Waals surface area contributed by atoms with E-state index in [1.54, 1.807) is 0 Å². The SMILES string of the molecule is CCCCC(=O)NCCOc1ccccc1.O=C(O)C(F)(F)F. The van der Waals surface area contributed by atoms with E-state index in [0.717, 1.165) is 18.6 Å². The van der Waals surface area contributed by atoms with Crippen molar-refractivity contribution in [3.63, 3.8) is 0 Å². The summed E-state index contributed by atoms with van der Waals surface area (Å²) in [6.07, 6.45) is -2.47. The molecule has 1 aromatic carbocycles. The Balaban J connectivity index is 0.000000585. The van der Waals surface area contributed by atoms with E-state index in [1.165, 1.54) is 0 Å². The lowest BCUT2D eigenvalue weighted by molar-refractivity contribution is -0.192. The van der Waals surface area contributed by atoms with E-state index in [4.69, 9.17) is 14.6 Å². The van der Waals surface area contributed by atoms with Crippen LogP contribution in [0.1, 0.15) is 26.2 Å². The Morgan fingerprint density at radius 1 is 1.22 bits per heavy atom. The number of hydrogen-bond acceptors (Lipinski definition) is 3. The number of nitrogens with one attached hydrogen (secondary N) is 1. The van der Waals surface area contributed by atoms with Crippen molar-refractivity contribution in [3.8, 4) is 5.75 Å². The first-order valence-electron chi connectivity index (χ1n) is 7.02. The van der Waals surface area contributed by atoms with Gasteiger partial charge in [-0.05, 0) is 18.6 Å². The van der Waals surface area contributed by atoms with Gasteiger partial charge in [0, 0.05) is 6.42 Å². The third kappa shape index (κ3) is 12.0. The molecule has 0 aliphatic rings. The fourth-order valence-electron chi connectivity index (χ4n) is 1.30. The number of hydrogen-bond donors (Lipinski definition) is 2. The molecule has 0 aliphatic heterocycles. The van der Waals surface area contributed by atoms with E-state index in [-0.39, 0.29) is 5.91 Å². The summed E-state index contributed by atoms with van der Waals surface area (Å²) in [5.74, 6) is -1.81. The number of halogens is 3. The molecule has 23 heavy (non-hydrogen) atoms. The number of ether oxygens (including phenoxy) is 1. The summed E-state index contributed by atoms with van der Waals surface area (Å²) in [6, 6.07) is 9.60. The van der Waals surface area contributed by atoms with Gasteiger partial charge in [0.2, 0.25) is 5.91 Å². The molecule has 1 rings (SSSR count). The topological polar surface area (TPSA) is 75.6 Å². The zero-order valence-corrected chi connectivity index (χ0v) is 12.7. The molecule has 0 spiro atoms. The molecule has 0 fully saturated rings. The highest BCUT2D eigenvalue weighted by Crippen LogP contribution is 2.13. The largest absolute Gasteiger partial charge is 0.492 e. The Bertz CT molecular complexity index is 464. The van der Waals surface area contributed by atoms with Crippen molar-refractivity contribution in [3.05, 3.63) is 30.3 Å². The number of carboxylic acids is 1. The van der Waals surface area contributed by atoms with Gasteiger partial charge in [-0.1, -0.05) is 31.5 Å². The zero-order chi connectivity index (χ0) is 17.7. The van der Waals surface area contributed by atoms with Gasteiger partial charge in [-0.15, -0.1) is 0 Å². The fraction of sp³-hybridized carbons (Fsp3) is 0.467. The molecule has 8 heteroatoms. The summed E-state index contributed by atoms with van der Waals surface area (Å²) in [6.45, 7) is 3.16. The first-order valence-corrected chi connectivity index (χ1v) is 7.02. The monoisotopic (exact) mass is 335 g/mol. The maximum atomic E-state index is 11.2. The quantitative estimate of drug-likeness (QED) is 0.751. The summed E-state index contributed by atoms with van der Waals surface area (Å²) < 4.78 is 37.2. The predicted molar refractivity (Wildman–Crippen MR) is 78.2 cm³/mol. The normalized spacial score (nSPS) is 10.3. The summed E-state index contributed by atoms with van der Waals surface area (Å²) in [7, 11) is 0. The molecule has 0 saturated heterocycles. The standard InChI is InChI=1S/C13H19NO2.C2HF3O2/c1-2-3-9-13(15)14-10-11-16-12-7-5-4-6-8-12;3-2(4,5)1(6)7/h4-8H,2-3,9-11H2,1H3,(H,14,15);(H,6,7). The summed E-state index contributed by atoms with van der Waals surface area (Å²) in [5, 5.41) is 9.95. The molecule has 0 bridgehead atoms. The van der Waals surface area contributed by atoms with Crippen LogP contribution in [-0.2, 0) is 9.59 Å². The molecule has 1 aromatic rings. The van der Waals surface area contributed by atoms with Gasteiger partial charge in [0.25, 0.3) is 0 Å². The maximum absolute atomic E-state index is 11.2. The average molecular weight is 335 g/mol. The van der Waals surface area contributed by atoms with E-state index in [1.807, 2.05) is 30.3 Å². The third-order valence-electron chi connectivity index (χ3n) is 2.44. The highest BCUT2D eigenvalue weighted by molar-refractivity contribution is 5.75. The van der Waals surface area contributed by atoms with Crippen LogP contribution < -0.4 is 10.1 Å². The van der Waals surface area contributed by atoms with Crippen molar-refractivity contribution in [1.82, 2.24) is 5.32 Å². The van der Waals surface area contributed by atoms with Crippen molar-refractivity contribution in [2.24, 2.45) is 0 Å². The van der Waals surface area contributed by atoms with Crippen molar-refractivity contribution >= 4 is 11.9 Å². The molecule has 0 aromatic heterocycles. The number of amides is 1. The Kier molecular flexibility index (Phi) is 10.2. The van der Waals surface area contributed by atoms with Gasteiger partial charge in [-0.25, -0.2) is 4.79 Å². The molecular weight excluding hydrogens is 315 g/mol. The first-order chi connectivity index (χ1) is 10.8. The van der Waals surface area contributed by atoms with Crippen LogP contribution in [0, 0.1) is 0 Å². The number of carboxylic acid groups (broad SMARTS) is 1. The molecule has 0 saturated carbocycles. The Hall–Kier alpha value is -2.25. The molecule has 1 amide bonds. The van der Waals surface area contributed by atoms with Crippen molar-refractivity contribution < 1.29 is 32.6 Å². The van der Waals surface area contributed by atoms with Gasteiger partial charge >= 0.3 is 12.1 Å². The molecule has 0 heterocycles. The molecular formula is C15H20F3NO4. The smallest absolute Gasteiger partial charge is 0.490 e. The highest BCUT2D eigenvalue weighted by atomic mass is 19.4.